The zero-order chi connectivity index (χ0) is 11.4. The van der Waals surface area contributed by atoms with Crippen LogP contribution < -0.4 is 10.4 Å². The van der Waals surface area contributed by atoms with Crippen LogP contribution in [0.3, 0.4) is 0 Å². The van der Waals surface area contributed by atoms with Crippen LogP contribution in [0.15, 0.2) is 51.7 Å². The molecule has 1 aromatic carbocycles. The third kappa shape index (κ3) is 2.31. The third-order valence-corrected chi connectivity index (χ3v) is 2.14. The SMILES string of the molecule is CCOc1cc(-c2ccccc2)cc(=O)o1. The average molecular weight is 216 g/mol. The highest BCUT2D eigenvalue weighted by Gasteiger charge is 2.03. The first-order valence-electron chi connectivity index (χ1n) is 5.13. The maximum absolute atomic E-state index is 11.3. The second-order valence-corrected chi connectivity index (χ2v) is 3.28. The maximum atomic E-state index is 11.3. The fourth-order valence-corrected chi connectivity index (χ4v) is 1.46. The Hall–Kier alpha value is -2.03. The lowest BCUT2D eigenvalue weighted by Crippen LogP contribution is -2.01. The van der Waals surface area contributed by atoms with Crippen molar-refractivity contribution >= 4 is 0 Å². The Balaban J connectivity index is 2.45. The topological polar surface area (TPSA) is 39.4 Å². The van der Waals surface area contributed by atoms with Gasteiger partial charge in [0.05, 0.1) is 6.61 Å². The highest BCUT2D eigenvalue weighted by atomic mass is 16.6. The van der Waals surface area contributed by atoms with E-state index in [1.807, 2.05) is 37.3 Å². The first-order valence-corrected chi connectivity index (χ1v) is 5.13. The van der Waals surface area contributed by atoms with Gasteiger partial charge in [-0.1, -0.05) is 30.3 Å². The quantitative estimate of drug-likeness (QED) is 0.791. The molecule has 2 aromatic rings. The van der Waals surface area contributed by atoms with Gasteiger partial charge in [0.1, 0.15) is 0 Å². The molecule has 0 N–H and O–H groups in total. The van der Waals surface area contributed by atoms with Crippen molar-refractivity contribution in [3.05, 3.63) is 52.9 Å². The highest BCUT2D eigenvalue weighted by Crippen LogP contribution is 2.21. The Labute approximate surface area is 93.3 Å². The molecule has 0 unspecified atom stereocenters. The number of benzene rings is 1. The summed E-state index contributed by atoms with van der Waals surface area (Å²) < 4.78 is 10.1. The van der Waals surface area contributed by atoms with E-state index in [0.717, 1.165) is 11.1 Å². The van der Waals surface area contributed by atoms with E-state index in [-0.39, 0.29) is 5.95 Å². The van der Waals surface area contributed by atoms with Gasteiger partial charge in [0, 0.05) is 12.1 Å². The van der Waals surface area contributed by atoms with Crippen LogP contribution in [-0.4, -0.2) is 6.61 Å². The van der Waals surface area contributed by atoms with Gasteiger partial charge in [-0.3, -0.25) is 0 Å². The molecule has 0 saturated carbocycles. The van der Waals surface area contributed by atoms with Crippen molar-refractivity contribution in [2.24, 2.45) is 0 Å². The van der Waals surface area contributed by atoms with Crippen LogP contribution >= 0.6 is 0 Å². The molecule has 0 radical (unpaired) electrons. The molecule has 0 amide bonds. The van der Waals surface area contributed by atoms with Gasteiger partial charge in [0.25, 0.3) is 5.95 Å². The molecule has 1 aromatic heterocycles. The van der Waals surface area contributed by atoms with Crippen LogP contribution in [0.25, 0.3) is 11.1 Å². The van der Waals surface area contributed by atoms with Gasteiger partial charge in [0.2, 0.25) is 0 Å². The number of hydrogen-bond acceptors (Lipinski definition) is 3. The predicted molar refractivity (Wildman–Crippen MR) is 61.6 cm³/mol. The molecule has 0 fully saturated rings. The van der Waals surface area contributed by atoms with Gasteiger partial charge >= 0.3 is 5.63 Å². The summed E-state index contributed by atoms with van der Waals surface area (Å²) >= 11 is 0. The Morgan fingerprint density at radius 2 is 1.88 bits per heavy atom. The molecule has 16 heavy (non-hydrogen) atoms. The average Bonchev–Trinajstić information content (AvgIpc) is 2.30. The number of rotatable bonds is 3. The lowest BCUT2D eigenvalue weighted by atomic mass is 10.1. The summed E-state index contributed by atoms with van der Waals surface area (Å²) in [6.07, 6.45) is 0. The minimum Gasteiger partial charge on any atom is -0.465 e. The zero-order valence-electron chi connectivity index (χ0n) is 8.97. The van der Waals surface area contributed by atoms with Crippen molar-refractivity contribution in [3.8, 4) is 17.1 Å². The molecule has 0 atom stereocenters. The van der Waals surface area contributed by atoms with Crippen LogP contribution in [0.2, 0.25) is 0 Å². The molecule has 1 heterocycles. The molecule has 2 rings (SSSR count). The van der Waals surface area contributed by atoms with Crippen LogP contribution in [0.4, 0.5) is 0 Å². The molecular formula is C13H12O3. The van der Waals surface area contributed by atoms with E-state index in [9.17, 15) is 4.79 Å². The molecule has 82 valence electrons. The van der Waals surface area contributed by atoms with Crippen molar-refractivity contribution in [1.82, 2.24) is 0 Å². The Kier molecular flexibility index (Phi) is 3.05. The normalized spacial score (nSPS) is 10.1. The Morgan fingerprint density at radius 1 is 1.12 bits per heavy atom. The van der Waals surface area contributed by atoms with Crippen molar-refractivity contribution < 1.29 is 9.15 Å². The third-order valence-electron chi connectivity index (χ3n) is 2.14. The second kappa shape index (κ2) is 4.66. The second-order valence-electron chi connectivity index (χ2n) is 3.28. The molecular weight excluding hydrogens is 204 g/mol. The van der Waals surface area contributed by atoms with Crippen molar-refractivity contribution in [2.45, 2.75) is 6.92 Å². The van der Waals surface area contributed by atoms with Gasteiger partial charge in [-0.15, -0.1) is 0 Å². The Bertz CT molecular complexity index is 514. The molecule has 0 bridgehead atoms. The molecule has 0 aliphatic carbocycles. The van der Waals surface area contributed by atoms with E-state index >= 15 is 0 Å². The number of hydrogen-bond donors (Lipinski definition) is 0. The summed E-state index contributed by atoms with van der Waals surface area (Å²) in [6.45, 7) is 2.32. The van der Waals surface area contributed by atoms with E-state index in [4.69, 9.17) is 9.15 Å². The fourth-order valence-electron chi connectivity index (χ4n) is 1.46. The summed E-state index contributed by atoms with van der Waals surface area (Å²) in [7, 11) is 0. The summed E-state index contributed by atoms with van der Waals surface area (Å²) in [5.41, 5.74) is 1.38. The Morgan fingerprint density at radius 3 is 2.56 bits per heavy atom. The lowest BCUT2D eigenvalue weighted by molar-refractivity contribution is 0.244. The maximum Gasteiger partial charge on any atom is 0.339 e. The molecule has 0 saturated heterocycles. The van der Waals surface area contributed by atoms with E-state index in [0.29, 0.717) is 6.61 Å². The molecule has 3 nitrogen and oxygen atoms in total. The first kappa shape index (κ1) is 10.5. The van der Waals surface area contributed by atoms with Crippen molar-refractivity contribution in [3.63, 3.8) is 0 Å². The zero-order valence-corrected chi connectivity index (χ0v) is 8.97. The standard InChI is InChI=1S/C13H12O3/c1-2-15-13-9-11(8-12(14)16-13)10-6-4-3-5-7-10/h3-9H,2H2,1H3. The van der Waals surface area contributed by atoms with Gasteiger partial charge in [-0.2, -0.15) is 0 Å². The fraction of sp³-hybridized carbons (Fsp3) is 0.154. The van der Waals surface area contributed by atoms with Crippen molar-refractivity contribution in [1.29, 1.82) is 0 Å². The van der Waals surface area contributed by atoms with E-state index in [1.54, 1.807) is 6.07 Å². The largest absolute Gasteiger partial charge is 0.465 e. The number of ether oxygens (including phenoxy) is 1. The van der Waals surface area contributed by atoms with Crippen LogP contribution in [0.1, 0.15) is 6.92 Å². The molecule has 0 aliphatic heterocycles. The highest BCUT2D eigenvalue weighted by molar-refractivity contribution is 5.63. The van der Waals surface area contributed by atoms with Crippen LogP contribution in [-0.2, 0) is 0 Å². The van der Waals surface area contributed by atoms with Gasteiger partial charge in [-0.05, 0) is 18.1 Å². The predicted octanol–water partition coefficient (Wildman–Crippen LogP) is 2.71. The lowest BCUT2D eigenvalue weighted by Gasteiger charge is -2.03. The molecule has 0 spiro atoms. The summed E-state index contributed by atoms with van der Waals surface area (Å²) in [5.74, 6) is 0.258. The summed E-state index contributed by atoms with van der Waals surface area (Å²) in [5, 5.41) is 0. The van der Waals surface area contributed by atoms with Gasteiger partial charge < -0.3 is 9.15 Å². The van der Waals surface area contributed by atoms with E-state index in [1.165, 1.54) is 6.07 Å². The van der Waals surface area contributed by atoms with Crippen molar-refractivity contribution in [2.75, 3.05) is 6.61 Å². The van der Waals surface area contributed by atoms with Gasteiger partial charge in [-0.25, -0.2) is 4.79 Å². The monoisotopic (exact) mass is 216 g/mol. The van der Waals surface area contributed by atoms with E-state index in [2.05, 4.69) is 0 Å². The summed E-state index contributed by atoms with van der Waals surface area (Å²) in [4.78, 5) is 11.3. The van der Waals surface area contributed by atoms with Crippen LogP contribution in [0, 0.1) is 0 Å². The smallest absolute Gasteiger partial charge is 0.339 e. The van der Waals surface area contributed by atoms with E-state index < -0.39 is 5.63 Å². The van der Waals surface area contributed by atoms with Gasteiger partial charge in [0.15, 0.2) is 0 Å². The molecule has 0 aliphatic rings. The minimum atomic E-state index is -0.398. The minimum absolute atomic E-state index is 0.258. The first-order chi connectivity index (χ1) is 7.79. The summed E-state index contributed by atoms with van der Waals surface area (Å²) in [6, 6.07) is 12.8. The molecule has 3 heteroatoms. The van der Waals surface area contributed by atoms with Crippen LogP contribution in [0.5, 0.6) is 5.95 Å².